The predicted molar refractivity (Wildman–Crippen MR) is 119 cm³/mol. The van der Waals surface area contributed by atoms with Crippen molar-refractivity contribution in [2.75, 3.05) is 0 Å². The molecule has 0 fully saturated rings. The molecule has 0 amide bonds. The van der Waals surface area contributed by atoms with Crippen LogP contribution in [-0.2, 0) is 12.8 Å². The van der Waals surface area contributed by atoms with E-state index >= 15 is 0 Å². The number of rotatable bonds is 12. The van der Waals surface area contributed by atoms with Crippen LogP contribution in [0.5, 0.6) is 11.5 Å². The number of phenolic OH excluding ortho intramolecular Hbond substituents is 2. The van der Waals surface area contributed by atoms with Crippen LogP contribution < -0.4 is 0 Å². The second kappa shape index (κ2) is 11.3. The van der Waals surface area contributed by atoms with E-state index in [4.69, 9.17) is 0 Å². The summed E-state index contributed by atoms with van der Waals surface area (Å²) in [6.07, 6.45) is 7.72. The number of aromatic hydroxyl groups is 2. The quantitative estimate of drug-likeness (QED) is 0.240. The first-order valence-electron chi connectivity index (χ1n) is 10.7. The molecule has 8 nitrogen and oxygen atoms in total. The van der Waals surface area contributed by atoms with Gasteiger partial charge in [-0.25, -0.2) is 0 Å². The third-order valence-corrected chi connectivity index (χ3v) is 5.71. The fraction of sp³-hybridized carbons (Fsp3) is 0.478. The Morgan fingerprint density at radius 1 is 0.645 bits per heavy atom. The summed E-state index contributed by atoms with van der Waals surface area (Å²) in [6, 6.07) is 6.14. The molecule has 31 heavy (non-hydrogen) atoms. The Kier molecular flexibility index (Phi) is 8.78. The van der Waals surface area contributed by atoms with Crippen molar-refractivity contribution in [2.24, 2.45) is 0 Å². The van der Waals surface area contributed by atoms with Gasteiger partial charge < -0.3 is 10.2 Å². The zero-order valence-electron chi connectivity index (χ0n) is 18.1. The van der Waals surface area contributed by atoms with Gasteiger partial charge in [0.25, 0.3) is 0 Å². The number of nitro benzene ring substituents is 2. The first kappa shape index (κ1) is 24.1. The number of hydrogen-bond acceptors (Lipinski definition) is 6. The highest BCUT2D eigenvalue weighted by atomic mass is 16.6. The molecule has 8 heteroatoms. The molecule has 0 radical (unpaired) electrons. The Labute approximate surface area is 181 Å². The lowest BCUT2D eigenvalue weighted by atomic mass is 9.97. The van der Waals surface area contributed by atoms with Crippen molar-refractivity contribution in [1.82, 2.24) is 0 Å². The van der Waals surface area contributed by atoms with Crippen molar-refractivity contribution < 1.29 is 20.1 Å². The SMILES string of the molecule is Cc1ccc(O)c([N+](=O)[O-])c1CCCCCCCCCc1c(C)ccc(O)c1[N+](=O)[O-]. The number of hydrogen-bond donors (Lipinski definition) is 2. The predicted octanol–water partition coefficient (Wildman–Crippen LogP) is 6.05. The van der Waals surface area contributed by atoms with E-state index < -0.39 is 9.85 Å². The summed E-state index contributed by atoms with van der Waals surface area (Å²) in [7, 11) is 0. The maximum atomic E-state index is 11.2. The van der Waals surface area contributed by atoms with Crippen molar-refractivity contribution in [1.29, 1.82) is 0 Å². The first-order chi connectivity index (χ1) is 14.7. The molecule has 2 aromatic rings. The van der Waals surface area contributed by atoms with Gasteiger partial charge in [-0.2, -0.15) is 0 Å². The maximum absolute atomic E-state index is 11.2. The van der Waals surface area contributed by atoms with Crippen molar-refractivity contribution in [3.8, 4) is 11.5 Å². The molecular weight excluding hydrogens is 400 g/mol. The van der Waals surface area contributed by atoms with E-state index in [0.29, 0.717) is 24.0 Å². The van der Waals surface area contributed by atoms with Crippen LogP contribution in [0.2, 0.25) is 0 Å². The van der Waals surface area contributed by atoms with E-state index in [1.54, 1.807) is 12.1 Å². The van der Waals surface area contributed by atoms with E-state index in [-0.39, 0.29) is 22.9 Å². The Bertz CT molecular complexity index is 867. The van der Waals surface area contributed by atoms with E-state index in [1.165, 1.54) is 12.1 Å². The largest absolute Gasteiger partial charge is 0.502 e. The molecule has 0 aliphatic rings. The van der Waals surface area contributed by atoms with Gasteiger partial charge in [0.2, 0.25) is 0 Å². The van der Waals surface area contributed by atoms with E-state index in [2.05, 4.69) is 0 Å². The van der Waals surface area contributed by atoms with Gasteiger partial charge >= 0.3 is 11.4 Å². The number of aryl methyl sites for hydroxylation is 2. The maximum Gasteiger partial charge on any atom is 0.314 e. The van der Waals surface area contributed by atoms with Gasteiger partial charge in [0, 0.05) is 11.1 Å². The molecule has 0 aliphatic carbocycles. The molecule has 0 spiro atoms. The third kappa shape index (κ3) is 6.41. The minimum Gasteiger partial charge on any atom is -0.502 e. The third-order valence-electron chi connectivity index (χ3n) is 5.71. The Balaban J connectivity index is 1.71. The first-order valence-corrected chi connectivity index (χ1v) is 10.7. The van der Waals surface area contributed by atoms with Gasteiger partial charge in [-0.15, -0.1) is 0 Å². The van der Waals surface area contributed by atoms with Crippen molar-refractivity contribution in [3.05, 3.63) is 66.7 Å². The van der Waals surface area contributed by atoms with Gasteiger partial charge in [-0.05, 0) is 62.8 Å². The van der Waals surface area contributed by atoms with Gasteiger partial charge in [-0.3, -0.25) is 20.2 Å². The highest BCUT2D eigenvalue weighted by molar-refractivity contribution is 5.56. The summed E-state index contributed by atoms with van der Waals surface area (Å²) in [5.74, 6) is -0.569. The molecule has 0 aromatic heterocycles. The molecule has 2 N–H and O–H groups in total. The summed E-state index contributed by atoms with van der Waals surface area (Å²) < 4.78 is 0. The van der Waals surface area contributed by atoms with Crippen LogP contribution in [0.3, 0.4) is 0 Å². The number of phenols is 2. The van der Waals surface area contributed by atoms with Crippen LogP contribution in [0.1, 0.15) is 67.2 Å². The monoisotopic (exact) mass is 430 g/mol. The van der Waals surface area contributed by atoms with Crippen LogP contribution in [0, 0.1) is 34.1 Å². The molecule has 2 rings (SSSR count). The van der Waals surface area contributed by atoms with Crippen molar-refractivity contribution in [2.45, 2.75) is 71.6 Å². The molecule has 0 atom stereocenters. The average molecular weight is 431 g/mol. The van der Waals surface area contributed by atoms with Gasteiger partial charge in [-0.1, -0.05) is 44.2 Å². The van der Waals surface area contributed by atoms with Crippen molar-refractivity contribution >= 4 is 11.4 Å². The standard InChI is InChI=1S/C23H30N2O6/c1-16-12-14-20(26)22(24(28)29)18(16)10-8-6-4-3-5-7-9-11-19-17(2)13-15-21(27)23(19)25(30)31/h12-15,26-27H,3-11H2,1-2H3. The zero-order valence-corrected chi connectivity index (χ0v) is 18.1. The Hall–Kier alpha value is -3.16. The smallest absolute Gasteiger partial charge is 0.314 e. The van der Waals surface area contributed by atoms with Crippen LogP contribution in [0.25, 0.3) is 0 Å². The molecule has 0 saturated carbocycles. The second-order valence-electron chi connectivity index (χ2n) is 7.95. The van der Waals surface area contributed by atoms with Crippen LogP contribution >= 0.6 is 0 Å². The van der Waals surface area contributed by atoms with E-state index in [9.17, 15) is 30.4 Å². The number of nitro groups is 2. The lowest BCUT2D eigenvalue weighted by Gasteiger charge is -2.09. The molecule has 0 heterocycles. The summed E-state index contributed by atoms with van der Waals surface area (Å²) in [5, 5.41) is 42.0. The van der Waals surface area contributed by atoms with Gasteiger partial charge in [0.05, 0.1) is 9.85 Å². The highest BCUT2D eigenvalue weighted by Crippen LogP contribution is 2.34. The van der Waals surface area contributed by atoms with E-state index in [1.807, 2.05) is 13.8 Å². The van der Waals surface area contributed by atoms with Gasteiger partial charge in [0.1, 0.15) is 0 Å². The van der Waals surface area contributed by atoms with Crippen LogP contribution in [-0.4, -0.2) is 20.1 Å². The molecule has 0 unspecified atom stereocenters. The minimum absolute atomic E-state index is 0.184. The lowest BCUT2D eigenvalue weighted by Crippen LogP contribution is -1.99. The summed E-state index contributed by atoms with van der Waals surface area (Å²) in [6.45, 7) is 3.64. The summed E-state index contributed by atoms with van der Waals surface area (Å²) in [4.78, 5) is 21.4. The summed E-state index contributed by atoms with van der Waals surface area (Å²) in [5.41, 5.74) is 2.48. The van der Waals surface area contributed by atoms with Crippen molar-refractivity contribution in [3.63, 3.8) is 0 Å². The molecule has 168 valence electrons. The topological polar surface area (TPSA) is 127 Å². The molecule has 0 aliphatic heterocycles. The van der Waals surface area contributed by atoms with Crippen LogP contribution in [0.15, 0.2) is 24.3 Å². The number of benzene rings is 2. The fourth-order valence-corrected chi connectivity index (χ4v) is 3.98. The average Bonchev–Trinajstić information content (AvgIpc) is 2.70. The summed E-state index contributed by atoms with van der Waals surface area (Å²) >= 11 is 0. The highest BCUT2D eigenvalue weighted by Gasteiger charge is 2.22. The number of nitrogens with zero attached hydrogens (tertiary/aromatic N) is 2. The van der Waals surface area contributed by atoms with E-state index in [0.717, 1.165) is 56.1 Å². The molecule has 0 bridgehead atoms. The number of unbranched alkanes of at least 4 members (excludes halogenated alkanes) is 6. The minimum atomic E-state index is -0.518. The van der Waals surface area contributed by atoms with Gasteiger partial charge in [0.15, 0.2) is 11.5 Å². The fourth-order valence-electron chi connectivity index (χ4n) is 3.98. The van der Waals surface area contributed by atoms with Crippen LogP contribution in [0.4, 0.5) is 11.4 Å². The Morgan fingerprint density at radius 3 is 1.29 bits per heavy atom. The normalized spacial score (nSPS) is 10.9. The lowest BCUT2D eigenvalue weighted by molar-refractivity contribution is -0.386. The zero-order chi connectivity index (χ0) is 23.0. The Morgan fingerprint density at radius 2 is 0.968 bits per heavy atom. The second-order valence-corrected chi connectivity index (χ2v) is 7.95. The molecule has 2 aromatic carbocycles. The molecular formula is C23H30N2O6. The molecule has 0 saturated heterocycles.